The van der Waals surface area contributed by atoms with Crippen molar-refractivity contribution in [3.8, 4) is 17.6 Å². The van der Waals surface area contributed by atoms with Gasteiger partial charge in [-0.2, -0.15) is 0 Å². The summed E-state index contributed by atoms with van der Waals surface area (Å²) in [7, 11) is 0. The van der Waals surface area contributed by atoms with Crippen LogP contribution in [0.3, 0.4) is 0 Å². The molecule has 4 heterocycles. The van der Waals surface area contributed by atoms with Gasteiger partial charge in [0.25, 0.3) is 0 Å². The van der Waals surface area contributed by atoms with Gasteiger partial charge in [-0.15, -0.1) is 23.7 Å². The van der Waals surface area contributed by atoms with Crippen LogP contribution in [0.15, 0.2) is 67.4 Å². The predicted octanol–water partition coefficient (Wildman–Crippen LogP) is 5.26. The molecular weight excluding hydrogens is 505 g/mol. The second-order valence-electron chi connectivity index (χ2n) is 7.01. The van der Waals surface area contributed by atoms with Gasteiger partial charge in [-0.05, 0) is 48.2 Å². The summed E-state index contributed by atoms with van der Waals surface area (Å²) in [5.74, 6) is 7.65. The minimum Gasteiger partial charge on any atom is -0.486 e. The maximum absolute atomic E-state index is 6.44. The third kappa shape index (κ3) is 5.94. The fourth-order valence-corrected chi connectivity index (χ4v) is 4.10. The van der Waals surface area contributed by atoms with Gasteiger partial charge in [0.15, 0.2) is 0 Å². The number of thiophene rings is 1. The number of halogens is 2. The third-order valence-corrected chi connectivity index (χ3v) is 5.87. The van der Waals surface area contributed by atoms with Crippen molar-refractivity contribution in [2.75, 3.05) is 11.1 Å². The summed E-state index contributed by atoms with van der Waals surface area (Å²) in [4.78, 5) is 22.8. The first-order valence-corrected chi connectivity index (χ1v) is 11.3. The summed E-state index contributed by atoms with van der Waals surface area (Å²) >= 11 is 7.91. The van der Waals surface area contributed by atoms with Crippen molar-refractivity contribution < 1.29 is 4.74 Å². The molecule has 0 spiro atoms. The molecule has 0 amide bonds. The Bertz CT molecular complexity index is 1520. The molecular formula is C24H17Cl2N7OS. The van der Waals surface area contributed by atoms with Gasteiger partial charge >= 0.3 is 0 Å². The van der Waals surface area contributed by atoms with Crippen LogP contribution < -0.4 is 15.8 Å². The topological polar surface area (TPSA) is 112 Å². The highest BCUT2D eigenvalue weighted by Crippen LogP contribution is 2.32. The van der Waals surface area contributed by atoms with E-state index in [1.165, 1.54) is 30.1 Å². The fraction of sp³-hybridized carbons (Fsp3) is 0.0417. The van der Waals surface area contributed by atoms with E-state index in [0.717, 1.165) is 26.5 Å². The van der Waals surface area contributed by atoms with Gasteiger partial charge in [-0.3, -0.25) is 4.98 Å². The third-order valence-electron chi connectivity index (χ3n) is 4.61. The Morgan fingerprint density at radius 3 is 2.69 bits per heavy atom. The Hall–Kier alpha value is -3.97. The van der Waals surface area contributed by atoms with E-state index in [4.69, 9.17) is 22.1 Å². The van der Waals surface area contributed by atoms with Crippen LogP contribution in [0.2, 0.25) is 5.02 Å². The molecule has 0 fully saturated rings. The zero-order valence-corrected chi connectivity index (χ0v) is 20.4. The molecule has 8 nitrogen and oxygen atoms in total. The Morgan fingerprint density at radius 2 is 1.91 bits per heavy atom. The average molecular weight is 522 g/mol. The molecule has 0 saturated carbocycles. The summed E-state index contributed by atoms with van der Waals surface area (Å²) in [5, 5.41) is 4.63. The van der Waals surface area contributed by atoms with Crippen LogP contribution in [0.4, 0.5) is 17.3 Å². The first-order valence-electron chi connectivity index (χ1n) is 10.1. The van der Waals surface area contributed by atoms with Crippen molar-refractivity contribution in [1.29, 1.82) is 0 Å². The van der Waals surface area contributed by atoms with Crippen molar-refractivity contribution in [3.63, 3.8) is 0 Å². The molecule has 1 aromatic carbocycles. The molecule has 0 radical (unpaired) electrons. The molecule has 0 unspecified atom stereocenters. The van der Waals surface area contributed by atoms with Crippen LogP contribution in [-0.2, 0) is 6.61 Å². The molecule has 35 heavy (non-hydrogen) atoms. The van der Waals surface area contributed by atoms with E-state index in [1.54, 1.807) is 12.3 Å². The number of nitrogens with zero attached hydrogens (tertiary/aromatic N) is 5. The average Bonchev–Trinajstić information content (AvgIpc) is 3.28. The number of pyridine rings is 1. The number of ether oxygens (including phenoxy) is 1. The summed E-state index contributed by atoms with van der Waals surface area (Å²) in [6.07, 6.45) is 6.25. The minimum atomic E-state index is 0. The monoisotopic (exact) mass is 521 g/mol. The zero-order valence-electron chi connectivity index (χ0n) is 18.0. The first kappa shape index (κ1) is 24.2. The highest BCUT2D eigenvalue weighted by atomic mass is 35.5. The lowest BCUT2D eigenvalue weighted by Gasteiger charge is -2.11. The maximum Gasteiger partial charge on any atom is 0.142 e. The number of nitrogens with two attached hydrogens (primary N) is 1. The lowest BCUT2D eigenvalue weighted by atomic mass is 10.2. The van der Waals surface area contributed by atoms with Crippen molar-refractivity contribution >= 4 is 62.9 Å². The quantitative estimate of drug-likeness (QED) is 0.301. The van der Waals surface area contributed by atoms with E-state index in [9.17, 15) is 0 Å². The second kappa shape index (κ2) is 11.0. The fourth-order valence-electron chi connectivity index (χ4n) is 3.01. The van der Waals surface area contributed by atoms with E-state index < -0.39 is 0 Å². The highest BCUT2D eigenvalue weighted by Gasteiger charge is 2.10. The number of fused-ring (bicyclic) bond motifs is 1. The van der Waals surface area contributed by atoms with E-state index >= 15 is 0 Å². The molecule has 11 heteroatoms. The molecule has 5 aromatic rings. The van der Waals surface area contributed by atoms with Crippen LogP contribution in [-0.4, -0.2) is 24.9 Å². The lowest BCUT2D eigenvalue weighted by Crippen LogP contribution is -1.99. The molecule has 0 saturated heterocycles. The van der Waals surface area contributed by atoms with Crippen LogP contribution in [0, 0.1) is 11.8 Å². The largest absolute Gasteiger partial charge is 0.486 e. The predicted molar refractivity (Wildman–Crippen MR) is 140 cm³/mol. The number of benzene rings is 1. The van der Waals surface area contributed by atoms with Crippen molar-refractivity contribution in [1.82, 2.24) is 24.9 Å². The summed E-state index contributed by atoms with van der Waals surface area (Å²) in [6.45, 7) is 0.334. The van der Waals surface area contributed by atoms with Gasteiger partial charge in [0.1, 0.15) is 40.8 Å². The molecule has 0 bridgehead atoms. The smallest absolute Gasteiger partial charge is 0.142 e. The Balaban J connectivity index is 0.00000289. The number of hydrogen-bond acceptors (Lipinski definition) is 9. The number of rotatable bonds is 5. The molecule has 0 aliphatic heterocycles. The van der Waals surface area contributed by atoms with Crippen molar-refractivity contribution in [2.45, 2.75) is 6.61 Å². The van der Waals surface area contributed by atoms with Crippen LogP contribution in [0.5, 0.6) is 5.75 Å². The molecule has 5 rings (SSSR count). The van der Waals surface area contributed by atoms with Gasteiger partial charge in [-0.25, -0.2) is 19.9 Å². The number of nitrogen functional groups attached to an aromatic ring is 1. The lowest BCUT2D eigenvalue weighted by molar-refractivity contribution is 0.301. The number of hydrogen-bond donors (Lipinski definition) is 2. The first-order chi connectivity index (χ1) is 16.6. The molecule has 0 atom stereocenters. The number of nitrogens with one attached hydrogen (secondary N) is 1. The summed E-state index contributed by atoms with van der Waals surface area (Å²) in [5.41, 5.74) is 7.69. The summed E-state index contributed by atoms with van der Waals surface area (Å²) in [6, 6.07) is 13.1. The van der Waals surface area contributed by atoms with Gasteiger partial charge in [0.05, 0.1) is 33.4 Å². The molecule has 174 valence electrons. The SMILES string of the molecule is Cl.Nc1cnc(C#Cc2cc3c(Nc4ccc(OCc5ccccn5)c(Cl)c4)ncnc3s2)cn1. The van der Waals surface area contributed by atoms with Crippen molar-refractivity contribution in [3.05, 3.63) is 88.7 Å². The Morgan fingerprint density at radius 1 is 1.00 bits per heavy atom. The van der Waals surface area contributed by atoms with E-state index in [2.05, 4.69) is 42.1 Å². The maximum atomic E-state index is 6.44. The Kier molecular flexibility index (Phi) is 7.57. The van der Waals surface area contributed by atoms with E-state index in [1.807, 2.05) is 36.4 Å². The summed E-state index contributed by atoms with van der Waals surface area (Å²) < 4.78 is 5.79. The number of aromatic nitrogens is 5. The number of anilines is 3. The van der Waals surface area contributed by atoms with Crippen molar-refractivity contribution in [2.24, 2.45) is 0 Å². The molecule has 0 aliphatic rings. The minimum absolute atomic E-state index is 0. The van der Waals surface area contributed by atoms with Crippen LogP contribution in [0.1, 0.15) is 16.3 Å². The molecule has 3 N–H and O–H groups in total. The van der Waals surface area contributed by atoms with Crippen LogP contribution in [0.25, 0.3) is 10.2 Å². The van der Waals surface area contributed by atoms with Crippen LogP contribution >= 0.6 is 35.3 Å². The van der Waals surface area contributed by atoms with E-state index in [-0.39, 0.29) is 12.4 Å². The second-order valence-corrected chi connectivity index (χ2v) is 8.45. The zero-order chi connectivity index (χ0) is 23.3. The molecule has 0 aliphatic carbocycles. The molecule has 4 aromatic heterocycles. The van der Waals surface area contributed by atoms with Gasteiger partial charge in [0.2, 0.25) is 0 Å². The normalized spacial score (nSPS) is 10.2. The van der Waals surface area contributed by atoms with E-state index in [0.29, 0.717) is 34.7 Å². The standard InChI is InChI=1S/C24H16ClN7OS.ClH/c25-20-9-15(5-7-21(20)33-13-17-3-1-2-8-27-17)32-23-19-10-18(34-24(19)31-14-30-23)6-4-16-11-29-22(26)12-28-16;/h1-3,5,7-12,14H,13H2,(H2,26,29)(H,30,31,32);1H. The van der Waals surface area contributed by atoms with Gasteiger partial charge in [-0.1, -0.05) is 17.7 Å². The highest BCUT2D eigenvalue weighted by molar-refractivity contribution is 7.19. The van der Waals surface area contributed by atoms with Gasteiger partial charge in [0, 0.05) is 11.9 Å². The van der Waals surface area contributed by atoms with Gasteiger partial charge < -0.3 is 15.8 Å². The Labute approximate surface area is 216 Å².